The van der Waals surface area contributed by atoms with Crippen LogP contribution in [0.4, 0.5) is 4.79 Å². The van der Waals surface area contributed by atoms with E-state index in [9.17, 15) is 4.79 Å². The molecule has 2 aliphatic rings. The van der Waals surface area contributed by atoms with Crippen molar-refractivity contribution in [1.29, 1.82) is 0 Å². The van der Waals surface area contributed by atoms with Gasteiger partial charge >= 0.3 is 6.03 Å². The molecule has 3 rings (SSSR count). The summed E-state index contributed by atoms with van der Waals surface area (Å²) in [7, 11) is 0. The molecule has 1 aromatic rings. The standard InChI is InChI=1S/C15H25N5O/c1-12(2)19-10-13-5-6-17-20(13)14(11-19)9-16-15(21)18-7-3-4-8-18/h5-6,12,14H,3-4,7-11H2,1-2H3,(H,16,21)/t14-/m1/s1. The quantitative estimate of drug-likeness (QED) is 0.917. The minimum Gasteiger partial charge on any atom is -0.336 e. The van der Waals surface area contributed by atoms with Gasteiger partial charge in [-0.05, 0) is 32.8 Å². The molecule has 3 heterocycles. The number of hydrogen-bond donors (Lipinski definition) is 1. The van der Waals surface area contributed by atoms with Crippen molar-refractivity contribution in [1.82, 2.24) is 24.9 Å². The molecule has 1 fully saturated rings. The third-order valence-electron chi connectivity index (χ3n) is 4.52. The fourth-order valence-electron chi connectivity index (χ4n) is 3.20. The lowest BCUT2D eigenvalue weighted by Gasteiger charge is -2.36. The van der Waals surface area contributed by atoms with Crippen LogP contribution >= 0.6 is 0 Å². The van der Waals surface area contributed by atoms with Crippen LogP contribution in [0.25, 0.3) is 0 Å². The number of aromatic nitrogens is 2. The fraction of sp³-hybridized carbons (Fsp3) is 0.733. The van der Waals surface area contributed by atoms with Crippen molar-refractivity contribution in [2.45, 2.75) is 45.3 Å². The van der Waals surface area contributed by atoms with Gasteiger partial charge in [-0.15, -0.1) is 0 Å². The Hall–Kier alpha value is -1.56. The number of fused-ring (bicyclic) bond motifs is 1. The van der Waals surface area contributed by atoms with Gasteiger partial charge in [-0.25, -0.2) is 4.79 Å². The molecule has 6 heteroatoms. The molecule has 116 valence electrons. The van der Waals surface area contributed by atoms with E-state index in [1.54, 1.807) is 0 Å². The Bertz CT molecular complexity index is 492. The molecule has 0 radical (unpaired) electrons. The number of carbonyl (C=O) groups is 1. The highest BCUT2D eigenvalue weighted by atomic mass is 16.2. The molecular weight excluding hydrogens is 266 g/mol. The van der Waals surface area contributed by atoms with Crippen LogP contribution < -0.4 is 5.32 Å². The molecule has 0 aromatic carbocycles. The molecule has 0 aliphatic carbocycles. The number of urea groups is 1. The van der Waals surface area contributed by atoms with Crippen LogP contribution in [0.15, 0.2) is 12.3 Å². The predicted octanol–water partition coefficient (Wildman–Crippen LogP) is 1.45. The first-order valence-corrected chi connectivity index (χ1v) is 7.94. The molecule has 6 nitrogen and oxygen atoms in total. The van der Waals surface area contributed by atoms with Gasteiger partial charge in [-0.1, -0.05) is 0 Å². The van der Waals surface area contributed by atoms with Gasteiger partial charge < -0.3 is 10.2 Å². The van der Waals surface area contributed by atoms with Crippen molar-refractivity contribution < 1.29 is 4.79 Å². The van der Waals surface area contributed by atoms with E-state index in [0.29, 0.717) is 12.6 Å². The molecule has 0 unspecified atom stereocenters. The second-order valence-corrected chi connectivity index (χ2v) is 6.32. The minimum absolute atomic E-state index is 0.0721. The van der Waals surface area contributed by atoms with E-state index in [1.165, 1.54) is 5.69 Å². The SMILES string of the molecule is CC(C)N1Cc2ccnn2[C@H](CNC(=O)N2CCCC2)C1. The Morgan fingerprint density at radius 1 is 1.43 bits per heavy atom. The van der Waals surface area contributed by atoms with Crippen molar-refractivity contribution in [2.75, 3.05) is 26.2 Å². The third-order valence-corrected chi connectivity index (χ3v) is 4.52. The van der Waals surface area contributed by atoms with E-state index in [4.69, 9.17) is 0 Å². The van der Waals surface area contributed by atoms with Gasteiger partial charge in [-0.3, -0.25) is 9.58 Å². The predicted molar refractivity (Wildman–Crippen MR) is 81.0 cm³/mol. The fourth-order valence-corrected chi connectivity index (χ4v) is 3.20. The monoisotopic (exact) mass is 291 g/mol. The summed E-state index contributed by atoms with van der Waals surface area (Å²) in [5, 5.41) is 7.52. The first-order valence-electron chi connectivity index (χ1n) is 7.94. The Morgan fingerprint density at radius 2 is 2.19 bits per heavy atom. The highest BCUT2D eigenvalue weighted by molar-refractivity contribution is 5.74. The van der Waals surface area contributed by atoms with Crippen molar-refractivity contribution in [3.05, 3.63) is 18.0 Å². The number of nitrogens with zero attached hydrogens (tertiary/aromatic N) is 4. The van der Waals surface area contributed by atoms with Gasteiger partial charge in [0.1, 0.15) is 0 Å². The number of rotatable bonds is 3. The third kappa shape index (κ3) is 3.05. The molecule has 1 saturated heterocycles. The first-order chi connectivity index (χ1) is 10.1. The molecule has 1 atom stereocenters. The van der Waals surface area contributed by atoms with Crippen LogP contribution in [0.1, 0.15) is 38.4 Å². The zero-order valence-electron chi connectivity index (χ0n) is 13.0. The van der Waals surface area contributed by atoms with Crippen LogP contribution in [-0.4, -0.2) is 57.8 Å². The molecule has 0 bridgehead atoms. The molecule has 2 aliphatic heterocycles. The van der Waals surface area contributed by atoms with Crippen LogP contribution in [0, 0.1) is 0 Å². The Labute approximate surface area is 126 Å². The Morgan fingerprint density at radius 3 is 2.90 bits per heavy atom. The summed E-state index contributed by atoms with van der Waals surface area (Å²) in [6, 6.07) is 2.87. The normalized spacial score (nSPS) is 22.6. The van der Waals surface area contributed by atoms with Gasteiger partial charge in [0.25, 0.3) is 0 Å². The molecule has 0 saturated carbocycles. The average Bonchev–Trinajstić information content (AvgIpc) is 3.14. The average molecular weight is 291 g/mol. The summed E-state index contributed by atoms with van der Waals surface area (Å²) in [4.78, 5) is 16.5. The lowest BCUT2D eigenvalue weighted by atomic mass is 10.1. The van der Waals surface area contributed by atoms with Gasteiger partial charge in [0.15, 0.2) is 0 Å². The topological polar surface area (TPSA) is 53.4 Å². The number of carbonyl (C=O) groups excluding carboxylic acids is 1. The largest absolute Gasteiger partial charge is 0.336 e. The van der Waals surface area contributed by atoms with Gasteiger partial charge in [0.05, 0.1) is 11.7 Å². The van der Waals surface area contributed by atoms with E-state index >= 15 is 0 Å². The maximum atomic E-state index is 12.1. The summed E-state index contributed by atoms with van der Waals surface area (Å²) in [5.74, 6) is 0. The summed E-state index contributed by atoms with van der Waals surface area (Å²) < 4.78 is 2.07. The number of nitrogens with one attached hydrogen (secondary N) is 1. The van der Waals surface area contributed by atoms with Gasteiger partial charge in [0.2, 0.25) is 0 Å². The Kier molecular flexibility index (Phi) is 4.14. The first kappa shape index (κ1) is 14.4. The van der Waals surface area contributed by atoms with Crippen LogP contribution in [0.2, 0.25) is 0 Å². The molecule has 1 N–H and O–H groups in total. The summed E-state index contributed by atoms with van der Waals surface area (Å²) in [6.07, 6.45) is 4.11. The number of amides is 2. The molecule has 1 aromatic heterocycles. The summed E-state index contributed by atoms with van der Waals surface area (Å²) in [6.45, 7) is 8.73. The number of hydrogen-bond acceptors (Lipinski definition) is 3. The zero-order chi connectivity index (χ0) is 14.8. The van der Waals surface area contributed by atoms with E-state index in [-0.39, 0.29) is 12.1 Å². The molecule has 0 spiro atoms. The molecule has 2 amide bonds. The van der Waals surface area contributed by atoms with E-state index in [1.807, 2.05) is 11.1 Å². The highest BCUT2D eigenvalue weighted by Crippen LogP contribution is 2.21. The summed E-state index contributed by atoms with van der Waals surface area (Å²) >= 11 is 0. The summed E-state index contributed by atoms with van der Waals surface area (Å²) in [5.41, 5.74) is 1.23. The molecule has 21 heavy (non-hydrogen) atoms. The maximum Gasteiger partial charge on any atom is 0.317 e. The number of likely N-dealkylation sites (tertiary alicyclic amines) is 1. The smallest absolute Gasteiger partial charge is 0.317 e. The van der Waals surface area contributed by atoms with Gasteiger partial charge in [-0.2, -0.15) is 5.10 Å². The zero-order valence-corrected chi connectivity index (χ0v) is 13.0. The minimum atomic E-state index is 0.0721. The van der Waals surface area contributed by atoms with Crippen molar-refractivity contribution in [2.24, 2.45) is 0 Å². The molecular formula is C15H25N5O. The van der Waals surface area contributed by atoms with E-state index < -0.39 is 0 Å². The highest BCUT2D eigenvalue weighted by Gasteiger charge is 2.28. The maximum absolute atomic E-state index is 12.1. The second-order valence-electron chi connectivity index (χ2n) is 6.32. The second kappa shape index (κ2) is 6.05. The lowest BCUT2D eigenvalue weighted by Crippen LogP contribution is -2.47. The van der Waals surface area contributed by atoms with Crippen LogP contribution in [0.5, 0.6) is 0 Å². The van der Waals surface area contributed by atoms with Crippen LogP contribution in [0.3, 0.4) is 0 Å². The van der Waals surface area contributed by atoms with Crippen molar-refractivity contribution in [3.63, 3.8) is 0 Å². The van der Waals surface area contributed by atoms with Gasteiger partial charge in [0, 0.05) is 45.0 Å². The Balaban J connectivity index is 1.63. The van der Waals surface area contributed by atoms with E-state index in [2.05, 4.69) is 39.9 Å². The lowest BCUT2D eigenvalue weighted by molar-refractivity contribution is 0.136. The van der Waals surface area contributed by atoms with Crippen LogP contribution in [-0.2, 0) is 6.54 Å². The van der Waals surface area contributed by atoms with Crippen molar-refractivity contribution >= 4 is 6.03 Å². The van der Waals surface area contributed by atoms with E-state index in [0.717, 1.165) is 39.0 Å². The van der Waals surface area contributed by atoms with Crippen molar-refractivity contribution in [3.8, 4) is 0 Å².